The fourth-order valence-corrected chi connectivity index (χ4v) is 3.37. The fourth-order valence-electron chi connectivity index (χ4n) is 1.95. The van der Waals surface area contributed by atoms with Gasteiger partial charge in [0.15, 0.2) is 0 Å². The average Bonchev–Trinajstić information content (AvgIpc) is 3.08. The first-order valence-corrected chi connectivity index (χ1v) is 7.87. The maximum atomic E-state index is 12.3. The predicted octanol–water partition coefficient (Wildman–Crippen LogP) is 1.49. The van der Waals surface area contributed by atoms with Crippen LogP contribution in [0.4, 0.5) is 5.82 Å². The molecular weight excluding hydrogens is 250 g/mol. The molecule has 1 aromatic heterocycles. The summed E-state index contributed by atoms with van der Waals surface area (Å²) in [6.07, 6.45) is 6.77. The normalized spacial score (nSPS) is 20.4. The van der Waals surface area contributed by atoms with Gasteiger partial charge in [-0.2, -0.15) is 0 Å². The van der Waals surface area contributed by atoms with Crippen LogP contribution in [0.1, 0.15) is 32.1 Å². The molecule has 1 aromatic rings. The smallest absolute Gasteiger partial charge is 0.244 e. The molecule has 6 heteroatoms. The summed E-state index contributed by atoms with van der Waals surface area (Å²) in [6, 6.07) is 3.76. The molecule has 0 unspecified atom stereocenters. The molecule has 2 fully saturated rings. The Balaban J connectivity index is 1.84. The van der Waals surface area contributed by atoms with Crippen molar-refractivity contribution < 1.29 is 8.42 Å². The number of sulfonamides is 1. The minimum absolute atomic E-state index is 0.101. The van der Waals surface area contributed by atoms with Gasteiger partial charge in [0.05, 0.1) is 0 Å². The van der Waals surface area contributed by atoms with Crippen LogP contribution in [0.15, 0.2) is 23.2 Å². The molecule has 98 valence electrons. The van der Waals surface area contributed by atoms with Crippen LogP contribution in [0.25, 0.3) is 0 Å². The third-order valence-electron chi connectivity index (χ3n) is 3.41. The number of rotatable bonds is 5. The van der Waals surface area contributed by atoms with Gasteiger partial charge in [-0.25, -0.2) is 18.1 Å². The van der Waals surface area contributed by atoms with Crippen molar-refractivity contribution in [1.29, 1.82) is 0 Å². The van der Waals surface area contributed by atoms with Gasteiger partial charge in [-0.3, -0.25) is 0 Å². The first-order chi connectivity index (χ1) is 8.65. The van der Waals surface area contributed by atoms with Crippen LogP contribution in [0.3, 0.4) is 0 Å². The van der Waals surface area contributed by atoms with Crippen LogP contribution in [0.2, 0.25) is 0 Å². The standard InChI is InChI=1S/C12H17N3O2S/c16-18(17,15-10-3-1-4-10)11-5-2-8-13-12(11)14-9-6-7-9/h2,5,8-10,15H,1,3-4,6-7H2,(H,13,14). The van der Waals surface area contributed by atoms with Gasteiger partial charge >= 0.3 is 0 Å². The molecule has 0 aliphatic heterocycles. The highest BCUT2D eigenvalue weighted by molar-refractivity contribution is 7.89. The maximum Gasteiger partial charge on any atom is 0.244 e. The van der Waals surface area contributed by atoms with Crippen molar-refractivity contribution in [3.63, 3.8) is 0 Å². The Hall–Kier alpha value is -1.14. The molecule has 2 saturated carbocycles. The van der Waals surface area contributed by atoms with E-state index in [1.807, 2.05) is 0 Å². The van der Waals surface area contributed by atoms with E-state index in [-0.39, 0.29) is 10.9 Å². The summed E-state index contributed by atoms with van der Waals surface area (Å²) in [7, 11) is -3.44. The second-order valence-corrected chi connectivity index (χ2v) is 6.70. The van der Waals surface area contributed by atoms with Crippen molar-refractivity contribution >= 4 is 15.8 Å². The lowest BCUT2D eigenvalue weighted by Crippen LogP contribution is -2.39. The molecule has 0 spiro atoms. The molecule has 5 nitrogen and oxygen atoms in total. The zero-order valence-electron chi connectivity index (χ0n) is 10.1. The first kappa shape index (κ1) is 11.9. The fraction of sp³-hybridized carbons (Fsp3) is 0.583. The lowest BCUT2D eigenvalue weighted by molar-refractivity contribution is 0.383. The van der Waals surface area contributed by atoms with Gasteiger partial charge < -0.3 is 5.32 Å². The summed E-state index contributed by atoms with van der Waals surface area (Å²) < 4.78 is 27.3. The van der Waals surface area contributed by atoms with Crippen LogP contribution < -0.4 is 10.0 Å². The van der Waals surface area contributed by atoms with Crippen molar-refractivity contribution in [2.75, 3.05) is 5.32 Å². The topological polar surface area (TPSA) is 71.1 Å². The molecule has 3 rings (SSSR count). The average molecular weight is 267 g/mol. The van der Waals surface area contributed by atoms with Crippen molar-refractivity contribution in [2.24, 2.45) is 0 Å². The van der Waals surface area contributed by atoms with E-state index in [9.17, 15) is 8.42 Å². The number of hydrogen-bond donors (Lipinski definition) is 2. The highest BCUT2D eigenvalue weighted by atomic mass is 32.2. The largest absolute Gasteiger partial charge is 0.366 e. The second-order valence-electron chi connectivity index (χ2n) is 5.02. The quantitative estimate of drug-likeness (QED) is 0.848. The summed E-state index contributed by atoms with van der Waals surface area (Å²) in [5.41, 5.74) is 0. The zero-order valence-corrected chi connectivity index (χ0v) is 10.9. The van der Waals surface area contributed by atoms with Gasteiger partial charge in [0, 0.05) is 18.3 Å². The maximum absolute atomic E-state index is 12.3. The molecule has 2 aliphatic rings. The molecule has 0 radical (unpaired) electrons. The Morgan fingerprint density at radius 1 is 1.17 bits per heavy atom. The van der Waals surface area contributed by atoms with E-state index >= 15 is 0 Å². The van der Waals surface area contributed by atoms with Crippen molar-refractivity contribution in [1.82, 2.24) is 9.71 Å². The summed E-state index contributed by atoms with van der Waals surface area (Å²) >= 11 is 0. The highest BCUT2D eigenvalue weighted by Crippen LogP contribution is 2.28. The van der Waals surface area contributed by atoms with E-state index in [0.29, 0.717) is 11.9 Å². The van der Waals surface area contributed by atoms with E-state index in [1.165, 1.54) is 0 Å². The molecule has 18 heavy (non-hydrogen) atoms. The molecule has 1 heterocycles. The Morgan fingerprint density at radius 3 is 2.56 bits per heavy atom. The van der Waals surface area contributed by atoms with Crippen LogP contribution in [0, 0.1) is 0 Å². The van der Waals surface area contributed by atoms with E-state index in [1.54, 1.807) is 18.3 Å². The van der Waals surface area contributed by atoms with Crippen molar-refractivity contribution in [2.45, 2.75) is 49.1 Å². The van der Waals surface area contributed by atoms with Crippen LogP contribution >= 0.6 is 0 Å². The van der Waals surface area contributed by atoms with E-state index < -0.39 is 10.0 Å². The first-order valence-electron chi connectivity index (χ1n) is 6.39. The molecule has 0 amide bonds. The number of nitrogens with one attached hydrogen (secondary N) is 2. The second kappa shape index (κ2) is 4.51. The predicted molar refractivity (Wildman–Crippen MR) is 68.8 cm³/mol. The monoisotopic (exact) mass is 267 g/mol. The van der Waals surface area contributed by atoms with Crippen LogP contribution in [0.5, 0.6) is 0 Å². The van der Waals surface area contributed by atoms with Crippen molar-refractivity contribution in [3.8, 4) is 0 Å². The number of anilines is 1. The highest BCUT2D eigenvalue weighted by Gasteiger charge is 2.29. The minimum atomic E-state index is -3.44. The van der Waals surface area contributed by atoms with Crippen LogP contribution in [-0.2, 0) is 10.0 Å². The van der Waals surface area contributed by atoms with Gasteiger partial charge in [0.25, 0.3) is 0 Å². The Bertz CT molecular complexity index is 536. The van der Waals surface area contributed by atoms with E-state index in [0.717, 1.165) is 32.1 Å². The summed E-state index contributed by atoms with van der Waals surface area (Å²) in [6.45, 7) is 0. The minimum Gasteiger partial charge on any atom is -0.366 e. The molecular formula is C12H17N3O2S. The molecule has 0 saturated heterocycles. The zero-order chi connectivity index (χ0) is 12.6. The lowest BCUT2D eigenvalue weighted by atomic mass is 9.94. The Labute approximate surface area is 107 Å². The van der Waals surface area contributed by atoms with Crippen molar-refractivity contribution in [3.05, 3.63) is 18.3 Å². The van der Waals surface area contributed by atoms with Gasteiger partial charge in [-0.05, 0) is 37.8 Å². The van der Waals surface area contributed by atoms with Gasteiger partial charge in [0.2, 0.25) is 10.0 Å². The van der Waals surface area contributed by atoms with E-state index in [4.69, 9.17) is 0 Å². The van der Waals surface area contributed by atoms with Crippen LogP contribution in [-0.4, -0.2) is 25.5 Å². The Kier molecular flexibility index (Phi) is 2.99. The summed E-state index contributed by atoms with van der Waals surface area (Å²) in [4.78, 5) is 4.41. The molecule has 0 bridgehead atoms. The summed E-state index contributed by atoms with van der Waals surface area (Å²) in [5, 5.41) is 3.17. The third-order valence-corrected chi connectivity index (χ3v) is 4.96. The number of nitrogens with zero attached hydrogens (tertiary/aromatic N) is 1. The summed E-state index contributed by atoms with van der Waals surface area (Å²) in [5.74, 6) is 0.479. The SMILES string of the molecule is O=S(=O)(NC1CCC1)c1cccnc1NC1CC1. The van der Waals surface area contributed by atoms with Gasteiger partial charge in [0.1, 0.15) is 10.7 Å². The number of aromatic nitrogens is 1. The molecule has 2 N–H and O–H groups in total. The molecule has 2 aliphatic carbocycles. The van der Waals surface area contributed by atoms with E-state index in [2.05, 4.69) is 15.0 Å². The van der Waals surface area contributed by atoms with Gasteiger partial charge in [-0.1, -0.05) is 6.42 Å². The molecule has 0 aromatic carbocycles. The van der Waals surface area contributed by atoms with Gasteiger partial charge in [-0.15, -0.1) is 0 Å². The number of hydrogen-bond acceptors (Lipinski definition) is 4. The third kappa shape index (κ3) is 2.49. The Morgan fingerprint density at radius 2 is 1.94 bits per heavy atom. The molecule has 0 atom stereocenters. The number of pyridine rings is 1. The lowest BCUT2D eigenvalue weighted by Gasteiger charge is -2.26.